The molecule has 0 fully saturated rings. The summed E-state index contributed by atoms with van der Waals surface area (Å²) in [7, 11) is 2.17. The van der Waals surface area contributed by atoms with E-state index in [9.17, 15) is 0 Å². The lowest BCUT2D eigenvalue weighted by Crippen LogP contribution is -2.40. The molecule has 0 unspecified atom stereocenters. The first-order chi connectivity index (χ1) is 8.40. The van der Waals surface area contributed by atoms with Crippen molar-refractivity contribution in [2.45, 2.75) is 37.8 Å². The Morgan fingerprint density at radius 2 is 1.78 bits per heavy atom. The lowest BCUT2D eigenvalue weighted by atomic mass is 10.1. The van der Waals surface area contributed by atoms with Crippen molar-refractivity contribution >= 4 is 11.8 Å². The molecule has 0 saturated carbocycles. The van der Waals surface area contributed by atoms with Crippen molar-refractivity contribution in [3.05, 3.63) is 29.8 Å². The monoisotopic (exact) mass is 266 g/mol. The molecule has 1 aromatic rings. The van der Waals surface area contributed by atoms with Gasteiger partial charge in [0.2, 0.25) is 0 Å². The van der Waals surface area contributed by atoms with E-state index in [0.29, 0.717) is 0 Å². The second-order valence-corrected chi connectivity index (χ2v) is 6.64. The molecular formula is C15H26N2S. The second kappa shape index (κ2) is 7.17. The van der Waals surface area contributed by atoms with E-state index in [1.165, 1.54) is 10.5 Å². The molecule has 3 heteroatoms. The van der Waals surface area contributed by atoms with E-state index in [1.807, 2.05) is 0 Å². The van der Waals surface area contributed by atoms with Gasteiger partial charge in [0, 0.05) is 30.1 Å². The highest BCUT2D eigenvalue weighted by Crippen LogP contribution is 2.15. The predicted molar refractivity (Wildman–Crippen MR) is 82.3 cm³/mol. The van der Waals surface area contributed by atoms with Gasteiger partial charge in [0.15, 0.2) is 0 Å². The maximum Gasteiger partial charge on any atom is 0.0231 e. The molecule has 0 aliphatic carbocycles. The van der Waals surface area contributed by atoms with Crippen LogP contribution in [0.5, 0.6) is 0 Å². The summed E-state index contributed by atoms with van der Waals surface area (Å²) in [6.45, 7) is 9.72. The van der Waals surface area contributed by atoms with E-state index in [1.54, 1.807) is 11.8 Å². The van der Waals surface area contributed by atoms with Gasteiger partial charge in [0.1, 0.15) is 0 Å². The largest absolute Gasteiger partial charge is 0.311 e. The van der Waals surface area contributed by atoms with Gasteiger partial charge in [-0.1, -0.05) is 12.1 Å². The molecule has 18 heavy (non-hydrogen) atoms. The van der Waals surface area contributed by atoms with Crippen molar-refractivity contribution in [3.63, 3.8) is 0 Å². The molecule has 0 aliphatic heterocycles. The quantitative estimate of drug-likeness (QED) is 0.796. The maximum atomic E-state index is 3.51. The molecule has 1 rings (SSSR count). The van der Waals surface area contributed by atoms with Crippen molar-refractivity contribution in [1.82, 2.24) is 10.2 Å². The van der Waals surface area contributed by atoms with Crippen molar-refractivity contribution in [2.75, 3.05) is 26.4 Å². The summed E-state index contributed by atoms with van der Waals surface area (Å²) >= 11 is 1.79. The van der Waals surface area contributed by atoms with Crippen LogP contribution in [0.3, 0.4) is 0 Å². The Morgan fingerprint density at radius 1 is 1.17 bits per heavy atom. The average Bonchev–Trinajstić information content (AvgIpc) is 2.28. The molecule has 0 saturated heterocycles. The fourth-order valence-electron chi connectivity index (χ4n) is 1.74. The molecule has 102 valence electrons. The van der Waals surface area contributed by atoms with Gasteiger partial charge in [-0.05, 0) is 51.8 Å². The van der Waals surface area contributed by atoms with Gasteiger partial charge in [0.25, 0.3) is 0 Å². The van der Waals surface area contributed by atoms with Gasteiger partial charge < -0.3 is 10.2 Å². The summed E-state index contributed by atoms with van der Waals surface area (Å²) in [5, 5.41) is 3.51. The molecule has 1 N–H and O–H groups in total. The Labute approximate surface area is 116 Å². The topological polar surface area (TPSA) is 15.3 Å². The molecule has 0 aromatic heterocycles. The Balaban J connectivity index is 2.32. The molecule has 0 heterocycles. The number of hydrogen-bond acceptors (Lipinski definition) is 3. The van der Waals surface area contributed by atoms with E-state index in [2.05, 4.69) is 68.6 Å². The third-order valence-corrected chi connectivity index (χ3v) is 3.50. The summed E-state index contributed by atoms with van der Waals surface area (Å²) in [5.74, 6) is 0. The van der Waals surface area contributed by atoms with Crippen molar-refractivity contribution in [3.8, 4) is 0 Å². The van der Waals surface area contributed by atoms with Crippen LogP contribution >= 0.6 is 11.8 Å². The Bertz CT molecular complexity index is 341. The minimum Gasteiger partial charge on any atom is -0.311 e. The standard InChI is InChI=1S/C15H26N2S/c1-15(2,3)16-10-11-17(4)12-13-6-8-14(18-5)9-7-13/h6-9,16H,10-12H2,1-5H3. The van der Waals surface area contributed by atoms with Crippen LogP contribution in [0, 0.1) is 0 Å². The van der Waals surface area contributed by atoms with Crippen molar-refractivity contribution in [1.29, 1.82) is 0 Å². The van der Waals surface area contributed by atoms with Crippen molar-refractivity contribution in [2.24, 2.45) is 0 Å². The molecule has 0 amide bonds. The van der Waals surface area contributed by atoms with Crippen LogP contribution in [0.15, 0.2) is 29.2 Å². The van der Waals surface area contributed by atoms with Crippen LogP contribution in [0.1, 0.15) is 26.3 Å². The first-order valence-corrected chi connectivity index (χ1v) is 7.70. The van der Waals surface area contributed by atoms with Gasteiger partial charge >= 0.3 is 0 Å². The first-order valence-electron chi connectivity index (χ1n) is 6.47. The lowest BCUT2D eigenvalue weighted by Gasteiger charge is -2.23. The van der Waals surface area contributed by atoms with Gasteiger partial charge in [-0.15, -0.1) is 11.8 Å². The Kier molecular flexibility index (Phi) is 6.19. The predicted octanol–water partition coefficient (Wildman–Crippen LogP) is 3.23. The molecule has 0 atom stereocenters. The smallest absolute Gasteiger partial charge is 0.0231 e. The van der Waals surface area contributed by atoms with Crippen molar-refractivity contribution < 1.29 is 0 Å². The van der Waals surface area contributed by atoms with Crippen LogP contribution in [0.4, 0.5) is 0 Å². The molecule has 0 radical (unpaired) electrons. The number of rotatable bonds is 6. The number of thioether (sulfide) groups is 1. The van der Waals surface area contributed by atoms with Gasteiger partial charge in [-0.2, -0.15) is 0 Å². The summed E-state index contributed by atoms with van der Waals surface area (Å²) in [6, 6.07) is 8.83. The summed E-state index contributed by atoms with van der Waals surface area (Å²) < 4.78 is 0. The van der Waals surface area contributed by atoms with E-state index >= 15 is 0 Å². The molecule has 1 aromatic carbocycles. The number of nitrogens with one attached hydrogen (secondary N) is 1. The van der Waals surface area contributed by atoms with E-state index in [0.717, 1.165) is 19.6 Å². The van der Waals surface area contributed by atoms with Crippen LogP contribution in [-0.4, -0.2) is 36.8 Å². The third kappa shape index (κ3) is 6.43. The fourth-order valence-corrected chi connectivity index (χ4v) is 2.15. The minimum atomic E-state index is 0.209. The van der Waals surface area contributed by atoms with Gasteiger partial charge in [0.05, 0.1) is 0 Å². The Morgan fingerprint density at radius 3 is 2.28 bits per heavy atom. The number of hydrogen-bond donors (Lipinski definition) is 1. The normalized spacial score (nSPS) is 12.1. The molecule has 0 aliphatic rings. The van der Waals surface area contributed by atoms with Gasteiger partial charge in [-0.25, -0.2) is 0 Å². The van der Waals surface area contributed by atoms with Gasteiger partial charge in [-0.3, -0.25) is 0 Å². The summed E-state index contributed by atoms with van der Waals surface area (Å²) in [6.07, 6.45) is 2.11. The summed E-state index contributed by atoms with van der Waals surface area (Å²) in [4.78, 5) is 3.68. The highest BCUT2D eigenvalue weighted by molar-refractivity contribution is 7.98. The zero-order valence-corrected chi connectivity index (χ0v) is 13.1. The highest BCUT2D eigenvalue weighted by Gasteiger charge is 2.08. The number of nitrogens with zero attached hydrogens (tertiary/aromatic N) is 1. The third-order valence-electron chi connectivity index (χ3n) is 2.76. The summed E-state index contributed by atoms with van der Waals surface area (Å²) in [5.41, 5.74) is 1.59. The second-order valence-electron chi connectivity index (χ2n) is 5.76. The molecule has 0 spiro atoms. The molecule has 2 nitrogen and oxygen atoms in total. The first kappa shape index (κ1) is 15.5. The zero-order chi connectivity index (χ0) is 13.6. The van der Waals surface area contributed by atoms with E-state index in [4.69, 9.17) is 0 Å². The SMILES string of the molecule is CSc1ccc(CN(C)CCNC(C)(C)C)cc1. The average molecular weight is 266 g/mol. The minimum absolute atomic E-state index is 0.209. The number of likely N-dealkylation sites (N-methyl/N-ethyl adjacent to an activating group) is 1. The van der Waals surface area contributed by atoms with Crippen LogP contribution in [0.2, 0.25) is 0 Å². The van der Waals surface area contributed by atoms with Crippen LogP contribution < -0.4 is 5.32 Å². The molecular weight excluding hydrogens is 240 g/mol. The maximum absolute atomic E-state index is 3.51. The zero-order valence-electron chi connectivity index (χ0n) is 12.3. The lowest BCUT2D eigenvalue weighted by molar-refractivity contribution is 0.303. The highest BCUT2D eigenvalue weighted by atomic mass is 32.2. The van der Waals surface area contributed by atoms with E-state index in [-0.39, 0.29) is 5.54 Å². The van der Waals surface area contributed by atoms with E-state index < -0.39 is 0 Å². The number of benzene rings is 1. The van der Waals surface area contributed by atoms with Crippen LogP contribution in [-0.2, 0) is 6.54 Å². The van der Waals surface area contributed by atoms with Crippen LogP contribution in [0.25, 0.3) is 0 Å². The Hall–Kier alpha value is -0.510. The molecule has 0 bridgehead atoms. The fraction of sp³-hybridized carbons (Fsp3) is 0.600.